The van der Waals surface area contributed by atoms with Crippen molar-refractivity contribution in [2.75, 3.05) is 19.7 Å². The molecule has 1 aromatic carbocycles. The summed E-state index contributed by atoms with van der Waals surface area (Å²) in [7, 11) is -1.90. The average Bonchev–Trinajstić information content (AvgIpc) is 2.69. The predicted octanol–water partition coefficient (Wildman–Crippen LogP) is 8.10. The number of carbonyl (C=O) groups excluding carboxylic acids is 1. The second kappa shape index (κ2) is 11.4. The predicted molar refractivity (Wildman–Crippen MR) is 143 cm³/mol. The molecule has 1 aliphatic rings. The van der Waals surface area contributed by atoms with Crippen LogP contribution < -0.4 is 0 Å². The Morgan fingerprint density at radius 1 is 1.09 bits per heavy atom. The first-order valence-electron chi connectivity index (χ1n) is 12.4. The van der Waals surface area contributed by atoms with Crippen LogP contribution in [0.5, 0.6) is 0 Å². The van der Waals surface area contributed by atoms with Crippen LogP contribution in [-0.2, 0) is 15.6 Å². The maximum Gasteiger partial charge on any atom is 0.410 e. The molecule has 0 radical (unpaired) electrons. The number of hydrogen-bond donors (Lipinski definition) is 0. The molecule has 4 nitrogen and oxygen atoms in total. The Morgan fingerprint density at radius 3 is 2.18 bits per heavy atom. The molecule has 1 aromatic rings. The topological polar surface area (TPSA) is 38.8 Å². The van der Waals surface area contributed by atoms with Gasteiger partial charge in [-0.2, -0.15) is 0 Å². The molecule has 1 amide bonds. The van der Waals surface area contributed by atoms with Gasteiger partial charge in [0, 0.05) is 24.7 Å². The third-order valence-corrected chi connectivity index (χ3v) is 13.1. The highest BCUT2D eigenvalue weighted by molar-refractivity contribution is 6.77. The van der Waals surface area contributed by atoms with Gasteiger partial charge >= 0.3 is 6.09 Å². The lowest BCUT2D eigenvalue weighted by atomic mass is 9.93. The van der Waals surface area contributed by atoms with Crippen molar-refractivity contribution in [1.82, 2.24) is 4.90 Å². The minimum absolute atomic E-state index is 0.250. The van der Waals surface area contributed by atoms with E-state index >= 15 is 0 Å². The van der Waals surface area contributed by atoms with E-state index in [2.05, 4.69) is 59.8 Å². The van der Waals surface area contributed by atoms with Gasteiger partial charge in [0.15, 0.2) is 8.32 Å². The van der Waals surface area contributed by atoms with Gasteiger partial charge in [-0.25, -0.2) is 4.79 Å². The molecule has 0 aliphatic carbocycles. The fourth-order valence-corrected chi connectivity index (χ4v) is 11.0. The molecule has 0 aromatic heterocycles. The molecule has 6 heteroatoms. The molecule has 0 bridgehead atoms. The monoisotopic (exact) mass is 493 g/mol. The third kappa shape index (κ3) is 7.09. The van der Waals surface area contributed by atoms with Crippen LogP contribution in [0.4, 0.5) is 4.79 Å². The number of halogens is 1. The zero-order valence-corrected chi connectivity index (χ0v) is 23.9. The molecule has 0 atom stereocenters. The van der Waals surface area contributed by atoms with Gasteiger partial charge in [0.05, 0.1) is 0 Å². The van der Waals surface area contributed by atoms with Crippen molar-refractivity contribution < 1.29 is 14.0 Å². The number of rotatable bonds is 8. The van der Waals surface area contributed by atoms with E-state index in [-0.39, 0.29) is 6.09 Å². The van der Waals surface area contributed by atoms with Crippen LogP contribution in [-0.4, -0.2) is 44.6 Å². The maximum atomic E-state index is 12.4. The molecule has 0 spiro atoms. The van der Waals surface area contributed by atoms with Crippen molar-refractivity contribution in [3.8, 4) is 0 Å². The van der Waals surface area contributed by atoms with Crippen molar-refractivity contribution in [2.24, 2.45) is 0 Å². The first-order chi connectivity index (χ1) is 15.3. The van der Waals surface area contributed by atoms with Crippen molar-refractivity contribution in [3.63, 3.8) is 0 Å². The molecule has 1 heterocycles. The van der Waals surface area contributed by atoms with Gasteiger partial charge in [-0.05, 0) is 79.1 Å². The molecule has 0 saturated carbocycles. The van der Waals surface area contributed by atoms with E-state index in [1.165, 1.54) is 16.7 Å². The number of carbonyl (C=O) groups is 1. The van der Waals surface area contributed by atoms with Crippen LogP contribution in [0.3, 0.4) is 0 Å². The smallest absolute Gasteiger partial charge is 0.410 e. The van der Waals surface area contributed by atoms with E-state index in [1.54, 1.807) is 4.90 Å². The standard InChI is InChI=1S/C27H44ClNO3Si/c1-19(2)33(20(3)4,21(5)6)31-17-14-23-18-24(28)10-11-25(23)22-12-15-29(16-13-22)26(30)32-27(7,8)9/h10-12,18-21H,13-17H2,1-9H3. The van der Waals surface area contributed by atoms with Gasteiger partial charge in [-0.3, -0.25) is 0 Å². The van der Waals surface area contributed by atoms with Crippen molar-refractivity contribution in [3.05, 3.63) is 40.4 Å². The van der Waals surface area contributed by atoms with Crippen molar-refractivity contribution in [2.45, 2.75) is 97.4 Å². The second-order valence-corrected chi connectivity index (χ2v) is 17.0. The fourth-order valence-electron chi connectivity index (χ4n) is 5.33. The highest BCUT2D eigenvalue weighted by Crippen LogP contribution is 2.42. The molecule has 33 heavy (non-hydrogen) atoms. The summed E-state index contributed by atoms with van der Waals surface area (Å²) in [5.74, 6) is 0. The Hall–Kier alpha value is -1.30. The number of nitrogens with zero attached hydrogens (tertiary/aromatic N) is 1. The first kappa shape index (κ1) is 27.9. The second-order valence-electron chi connectivity index (χ2n) is 11.1. The number of ether oxygens (including phenoxy) is 1. The number of amides is 1. The molecule has 186 valence electrons. The Balaban J connectivity index is 2.16. The summed E-state index contributed by atoms with van der Waals surface area (Å²) in [6, 6.07) is 6.15. The minimum Gasteiger partial charge on any atom is -0.444 e. The fraction of sp³-hybridized carbons (Fsp3) is 0.667. The van der Waals surface area contributed by atoms with Gasteiger partial charge in [0.25, 0.3) is 0 Å². The van der Waals surface area contributed by atoms with E-state index in [0.29, 0.717) is 36.3 Å². The molecule has 2 rings (SSSR count). The lowest BCUT2D eigenvalue weighted by molar-refractivity contribution is 0.0270. The molecule has 0 fully saturated rings. The van der Waals surface area contributed by atoms with Crippen LogP contribution in [0.25, 0.3) is 5.57 Å². The van der Waals surface area contributed by atoms with Gasteiger partial charge in [0.2, 0.25) is 0 Å². The third-order valence-electron chi connectivity index (χ3n) is 6.70. The van der Waals surface area contributed by atoms with E-state index in [9.17, 15) is 4.79 Å². The van der Waals surface area contributed by atoms with Crippen LogP contribution in [0.2, 0.25) is 21.6 Å². The van der Waals surface area contributed by atoms with Gasteiger partial charge in [-0.15, -0.1) is 0 Å². The zero-order valence-electron chi connectivity index (χ0n) is 22.1. The SMILES string of the molecule is CC(C)[Si](OCCc1cc(Cl)ccc1C1=CCN(C(=O)OC(C)(C)C)CC1)(C(C)C)C(C)C. The van der Waals surface area contributed by atoms with E-state index in [4.69, 9.17) is 20.8 Å². The molecular formula is C27H44ClNO3Si. The molecule has 0 N–H and O–H groups in total. The Labute approximate surface area is 207 Å². The van der Waals surface area contributed by atoms with Crippen LogP contribution >= 0.6 is 11.6 Å². The summed E-state index contributed by atoms with van der Waals surface area (Å²) in [4.78, 5) is 14.2. The molecule has 0 saturated heterocycles. The van der Waals surface area contributed by atoms with E-state index in [0.717, 1.165) is 17.9 Å². The Morgan fingerprint density at radius 2 is 1.70 bits per heavy atom. The summed E-state index contributed by atoms with van der Waals surface area (Å²) in [6.45, 7) is 21.5. The first-order valence-corrected chi connectivity index (χ1v) is 14.9. The summed E-state index contributed by atoms with van der Waals surface area (Å²) in [5, 5.41) is 0.751. The maximum absolute atomic E-state index is 12.4. The Bertz CT molecular complexity index is 820. The molecular weight excluding hydrogens is 450 g/mol. The van der Waals surface area contributed by atoms with Crippen LogP contribution in [0.15, 0.2) is 24.3 Å². The molecule has 0 unspecified atom stereocenters. The zero-order chi connectivity index (χ0) is 25.0. The van der Waals surface area contributed by atoms with Crippen LogP contribution in [0.1, 0.15) is 79.9 Å². The highest BCUT2D eigenvalue weighted by atomic mass is 35.5. The highest BCUT2D eigenvalue weighted by Gasteiger charge is 2.44. The summed E-state index contributed by atoms with van der Waals surface area (Å²) >= 11 is 6.38. The summed E-state index contributed by atoms with van der Waals surface area (Å²) in [6.07, 6.45) is 3.54. The summed E-state index contributed by atoms with van der Waals surface area (Å²) < 4.78 is 12.3. The van der Waals surface area contributed by atoms with Gasteiger partial charge in [-0.1, -0.05) is 65.3 Å². The lowest BCUT2D eigenvalue weighted by Gasteiger charge is -2.42. The van der Waals surface area contributed by atoms with Gasteiger partial charge in [0.1, 0.15) is 5.60 Å². The Kier molecular flexibility index (Phi) is 9.66. The normalized spacial score (nSPS) is 15.4. The number of hydrogen-bond acceptors (Lipinski definition) is 3. The largest absolute Gasteiger partial charge is 0.444 e. The quantitative estimate of drug-likeness (QED) is 0.343. The van der Waals surface area contributed by atoms with Gasteiger partial charge < -0.3 is 14.1 Å². The number of benzene rings is 1. The van der Waals surface area contributed by atoms with E-state index < -0.39 is 13.9 Å². The van der Waals surface area contributed by atoms with Crippen LogP contribution in [0, 0.1) is 0 Å². The van der Waals surface area contributed by atoms with Crippen molar-refractivity contribution in [1.29, 1.82) is 0 Å². The van der Waals surface area contributed by atoms with Crippen molar-refractivity contribution >= 4 is 31.6 Å². The minimum atomic E-state index is -1.90. The van der Waals surface area contributed by atoms with E-state index in [1.807, 2.05) is 26.8 Å². The lowest BCUT2D eigenvalue weighted by Crippen LogP contribution is -2.48. The summed E-state index contributed by atoms with van der Waals surface area (Å²) in [5.41, 5.74) is 4.92. The molecule has 1 aliphatic heterocycles. The average molecular weight is 494 g/mol.